The van der Waals surface area contributed by atoms with Crippen LogP contribution in [-0.2, 0) is 7.05 Å². The highest BCUT2D eigenvalue weighted by molar-refractivity contribution is 5.63. The highest BCUT2D eigenvalue weighted by Crippen LogP contribution is 2.25. The molecule has 0 unspecified atom stereocenters. The highest BCUT2D eigenvalue weighted by atomic mass is 15.0. The largest absolute Gasteiger partial charge is 0.334 e. The topological polar surface area (TPSA) is 17.8 Å². The molecule has 0 atom stereocenters. The van der Waals surface area contributed by atoms with E-state index in [1.165, 1.54) is 22.3 Å². The van der Waals surface area contributed by atoms with Crippen molar-refractivity contribution in [3.8, 4) is 11.4 Å². The van der Waals surface area contributed by atoms with Gasteiger partial charge in [0.15, 0.2) is 0 Å². The van der Waals surface area contributed by atoms with Crippen molar-refractivity contribution in [3.05, 3.63) is 41.2 Å². The summed E-state index contributed by atoms with van der Waals surface area (Å²) in [6, 6.07) is 4.31. The fraction of sp³-hybridized carbons (Fsp3) is 0.308. The van der Waals surface area contributed by atoms with Gasteiger partial charge in [0.1, 0.15) is 5.82 Å². The van der Waals surface area contributed by atoms with Crippen LogP contribution in [0.15, 0.2) is 24.5 Å². The van der Waals surface area contributed by atoms with Crippen LogP contribution in [0.2, 0.25) is 0 Å². The maximum Gasteiger partial charge on any atom is 0.139 e. The van der Waals surface area contributed by atoms with Gasteiger partial charge in [-0.15, -0.1) is 0 Å². The monoisotopic (exact) mass is 200 g/mol. The summed E-state index contributed by atoms with van der Waals surface area (Å²) in [6.45, 7) is 6.47. The minimum absolute atomic E-state index is 1.04. The molecule has 0 radical (unpaired) electrons. The third kappa shape index (κ3) is 1.56. The van der Waals surface area contributed by atoms with E-state index >= 15 is 0 Å². The number of nitrogens with zero attached hydrogens (tertiary/aromatic N) is 2. The first-order chi connectivity index (χ1) is 7.11. The molecule has 0 aliphatic rings. The quantitative estimate of drug-likeness (QED) is 0.692. The molecule has 0 amide bonds. The minimum Gasteiger partial charge on any atom is -0.334 e. The molecule has 0 saturated carbocycles. The second-order valence-corrected chi connectivity index (χ2v) is 4.04. The van der Waals surface area contributed by atoms with E-state index in [2.05, 4.69) is 42.5 Å². The molecule has 2 nitrogen and oxygen atoms in total. The SMILES string of the molecule is Cc1ccc(-c2nccn2C)c(C)c1C. The van der Waals surface area contributed by atoms with E-state index in [1.54, 1.807) is 0 Å². The van der Waals surface area contributed by atoms with Crippen molar-refractivity contribution in [2.75, 3.05) is 0 Å². The Balaban J connectivity index is 2.65. The molecule has 0 saturated heterocycles. The van der Waals surface area contributed by atoms with Gasteiger partial charge in [0, 0.05) is 25.0 Å². The van der Waals surface area contributed by atoms with Crippen molar-refractivity contribution >= 4 is 0 Å². The van der Waals surface area contributed by atoms with Crippen LogP contribution in [-0.4, -0.2) is 9.55 Å². The van der Waals surface area contributed by atoms with Gasteiger partial charge in [0.05, 0.1) is 0 Å². The summed E-state index contributed by atoms with van der Waals surface area (Å²) >= 11 is 0. The zero-order valence-corrected chi connectivity index (χ0v) is 9.70. The molecular weight excluding hydrogens is 184 g/mol. The Kier molecular flexibility index (Phi) is 2.35. The second kappa shape index (κ2) is 3.54. The molecule has 0 spiro atoms. The van der Waals surface area contributed by atoms with Crippen LogP contribution in [0, 0.1) is 20.8 Å². The molecule has 2 rings (SSSR count). The van der Waals surface area contributed by atoms with E-state index in [0.717, 1.165) is 5.82 Å². The molecule has 0 N–H and O–H groups in total. The van der Waals surface area contributed by atoms with Gasteiger partial charge in [-0.05, 0) is 37.5 Å². The van der Waals surface area contributed by atoms with Crippen LogP contribution in [0.5, 0.6) is 0 Å². The van der Waals surface area contributed by atoms with Gasteiger partial charge in [0.2, 0.25) is 0 Å². The summed E-state index contributed by atoms with van der Waals surface area (Å²) in [5, 5.41) is 0. The standard InChI is InChI=1S/C13H16N2/c1-9-5-6-12(11(3)10(9)2)13-14-7-8-15(13)4/h5-8H,1-4H3. The summed E-state index contributed by atoms with van der Waals surface area (Å²) in [5.74, 6) is 1.04. The summed E-state index contributed by atoms with van der Waals surface area (Å²) in [5.41, 5.74) is 5.25. The van der Waals surface area contributed by atoms with Crippen LogP contribution < -0.4 is 0 Å². The van der Waals surface area contributed by atoms with Crippen LogP contribution >= 0.6 is 0 Å². The number of aryl methyl sites for hydroxylation is 2. The van der Waals surface area contributed by atoms with Gasteiger partial charge in [-0.3, -0.25) is 0 Å². The normalized spacial score (nSPS) is 10.7. The molecule has 15 heavy (non-hydrogen) atoms. The first-order valence-corrected chi connectivity index (χ1v) is 5.15. The molecule has 78 valence electrons. The minimum atomic E-state index is 1.04. The van der Waals surface area contributed by atoms with Gasteiger partial charge < -0.3 is 4.57 Å². The number of aromatic nitrogens is 2. The van der Waals surface area contributed by atoms with Crippen LogP contribution in [0.4, 0.5) is 0 Å². The lowest BCUT2D eigenvalue weighted by Crippen LogP contribution is -1.96. The Labute approximate surface area is 90.6 Å². The summed E-state index contributed by atoms with van der Waals surface area (Å²) in [6.07, 6.45) is 3.81. The van der Waals surface area contributed by atoms with Crippen LogP contribution in [0.25, 0.3) is 11.4 Å². The summed E-state index contributed by atoms with van der Waals surface area (Å²) < 4.78 is 2.05. The average Bonchev–Trinajstić information content (AvgIpc) is 2.62. The molecule has 1 heterocycles. The Morgan fingerprint density at radius 3 is 2.40 bits per heavy atom. The maximum atomic E-state index is 4.38. The van der Waals surface area contributed by atoms with Gasteiger partial charge in [-0.25, -0.2) is 4.98 Å². The third-order valence-electron chi connectivity index (χ3n) is 3.12. The first kappa shape index (κ1) is 9.97. The van der Waals surface area contributed by atoms with Crippen molar-refractivity contribution in [1.29, 1.82) is 0 Å². The molecule has 2 aromatic rings. The average molecular weight is 200 g/mol. The molecule has 1 aromatic carbocycles. The van der Waals surface area contributed by atoms with Gasteiger partial charge >= 0.3 is 0 Å². The second-order valence-electron chi connectivity index (χ2n) is 4.04. The number of imidazole rings is 1. The predicted molar refractivity (Wildman–Crippen MR) is 62.9 cm³/mol. The van der Waals surface area contributed by atoms with E-state index in [0.29, 0.717) is 0 Å². The zero-order valence-electron chi connectivity index (χ0n) is 9.70. The lowest BCUT2D eigenvalue weighted by molar-refractivity contribution is 0.922. The Morgan fingerprint density at radius 1 is 1.07 bits per heavy atom. The van der Waals surface area contributed by atoms with Crippen molar-refractivity contribution in [1.82, 2.24) is 9.55 Å². The Bertz CT molecular complexity index is 495. The van der Waals surface area contributed by atoms with E-state index in [-0.39, 0.29) is 0 Å². The zero-order chi connectivity index (χ0) is 11.0. The number of rotatable bonds is 1. The predicted octanol–water partition coefficient (Wildman–Crippen LogP) is 3.01. The molecule has 2 heteroatoms. The Morgan fingerprint density at radius 2 is 1.80 bits per heavy atom. The lowest BCUT2D eigenvalue weighted by atomic mass is 9.98. The van der Waals surface area contributed by atoms with E-state index < -0.39 is 0 Å². The van der Waals surface area contributed by atoms with Crippen molar-refractivity contribution < 1.29 is 0 Å². The summed E-state index contributed by atoms with van der Waals surface area (Å²) in [7, 11) is 2.02. The van der Waals surface area contributed by atoms with Crippen LogP contribution in [0.1, 0.15) is 16.7 Å². The highest BCUT2D eigenvalue weighted by Gasteiger charge is 2.09. The van der Waals surface area contributed by atoms with Gasteiger partial charge in [-0.1, -0.05) is 12.1 Å². The third-order valence-corrected chi connectivity index (χ3v) is 3.12. The van der Waals surface area contributed by atoms with E-state index in [1.807, 2.05) is 19.4 Å². The molecule has 1 aromatic heterocycles. The fourth-order valence-corrected chi connectivity index (χ4v) is 1.82. The van der Waals surface area contributed by atoms with Gasteiger partial charge in [-0.2, -0.15) is 0 Å². The molecular formula is C13H16N2. The van der Waals surface area contributed by atoms with Gasteiger partial charge in [0.25, 0.3) is 0 Å². The lowest BCUT2D eigenvalue weighted by Gasteiger charge is -2.10. The Hall–Kier alpha value is -1.57. The maximum absolute atomic E-state index is 4.38. The summed E-state index contributed by atoms with van der Waals surface area (Å²) in [4.78, 5) is 4.38. The first-order valence-electron chi connectivity index (χ1n) is 5.15. The van der Waals surface area contributed by atoms with E-state index in [9.17, 15) is 0 Å². The van der Waals surface area contributed by atoms with Crippen molar-refractivity contribution in [3.63, 3.8) is 0 Å². The molecule has 0 fully saturated rings. The smallest absolute Gasteiger partial charge is 0.139 e. The van der Waals surface area contributed by atoms with Crippen molar-refractivity contribution in [2.24, 2.45) is 7.05 Å². The fourth-order valence-electron chi connectivity index (χ4n) is 1.82. The molecule has 0 aliphatic heterocycles. The molecule has 0 bridgehead atoms. The number of hydrogen-bond donors (Lipinski definition) is 0. The van der Waals surface area contributed by atoms with E-state index in [4.69, 9.17) is 0 Å². The molecule has 0 aliphatic carbocycles. The van der Waals surface area contributed by atoms with Crippen molar-refractivity contribution in [2.45, 2.75) is 20.8 Å². The number of hydrogen-bond acceptors (Lipinski definition) is 1. The van der Waals surface area contributed by atoms with Crippen LogP contribution in [0.3, 0.4) is 0 Å². The number of benzene rings is 1.